The van der Waals surface area contributed by atoms with Crippen LogP contribution in [0, 0.1) is 0 Å². The summed E-state index contributed by atoms with van der Waals surface area (Å²) in [4.78, 5) is 11.7. The lowest BCUT2D eigenvalue weighted by Crippen LogP contribution is -2.17. The second kappa shape index (κ2) is 6.62. The van der Waals surface area contributed by atoms with Crippen molar-refractivity contribution in [1.29, 1.82) is 0 Å². The molecule has 114 valence electrons. The van der Waals surface area contributed by atoms with Crippen LogP contribution in [0.5, 0.6) is 0 Å². The molecule has 0 bridgehead atoms. The van der Waals surface area contributed by atoms with Gasteiger partial charge in [-0.3, -0.25) is 4.79 Å². The Kier molecular flexibility index (Phi) is 4.82. The van der Waals surface area contributed by atoms with Gasteiger partial charge >= 0.3 is 6.18 Å². The molecular formula is C15H10ClF3N2O. The van der Waals surface area contributed by atoms with Crippen molar-refractivity contribution in [3.63, 3.8) is 0 Å². The molecule has 0 aliphatic rings. The van der Waals surface area contributed by atoms with Crippen LogP contribution in [0.2, 0.25) is 5.02 Å². The number of hydrogen-bond acceptors (Lipinski definition) is 2. The molecular weight excluding hydrogens is 317 g/mol. The van der Waals surface area contributed by atoms with Crippen molar-refractivity contribution in [3.05, 3.63) is 70.2 Å². The van der Waals surface area contributed by atoms with Crippen molar-refractivity contribution in [3.8, 4) is 0 Å². The highest BCUT2D eigenvalue weighted by molar-refractivity contribution is 6.30. The van der Waals surface area contributed by atoms with Gasteiger partial charge in [0.15, 0.2) is 0 Å². The summed E-state index contributed by atoms with van der Waals surface area (Å²) in [7, 11) is 0. The first-order valence-corrected chi connectivity index (χ1v) is 6.50. The lowest BCUT2D eigenvalue weighted by molar-refractivity contribution is -0.137. The first-order chi connectivity index (χ1) is 10.4. The Bertz CT molecular complexity index is 679. The Balaban J connectivity index is 1.97. The van der Waals surface area contributed by atoms with Crippen LogP contribution in [-0.2, 0) is 6.18 Å². The Morgan fingerprint density at radius 2 is 1.64 bits per heavy atom. The highest BCUT2D eigenvalue weighted by Gasteiger charge is 2.29. The number of hydrazone groups is 1. The summed E-state index contributed by atoms with van der Waals surface area (Å²) < 4.78 is 37.2. The molecule has 0 saturated carbocycles. The zero-order valence-corrected chi connectivity index (χ0v) is 11.8. The first-order valence-electron chi connectivity index (χ1n) is 6.12. The van der Waals surface area contributed by atoms with Crippen LogP contribution >= 0.6 is 11.6 Å². The van der Waals surface area contributed by atoms with Gasteiger partial charge in [0.1, 0.15) is 0 Å². The monoisotopic (exact) mass is 326 g/mol. The molecule has 0 atom stereocenters. The minimum Gasteiger partial charge on any atom is -0.267 e. The van der Waals surface area contributed by atoms with Gasteiger partial charge in [0.2, 0.25) is 0 Å². The molecule has 0 saturated heterocycles. The molecule has 0 heterocycles. The number of benzene rings is 2. The van der Waals surface area contributed by atoms with E-state index in [9.17, 15) is 18.0 Å². The SMILES string of the molecule is O=C(NN=Cc1ccc(C(F)(F)F)cc1)c1ccc(Cl)cc1. The minimum atomic E-state index is -4.38. The van der Waals surface area contributed by atoms with E-state index in [1.807, 2.05) is 0 Å². The zero-order valence-electron chi connectivity index (χ0n) is 11.1. The average Bonchev–Trinajstić information content (AvgIpc) is 2.47. The third kappa shape index (κ3) is 4.33. The quantitative estimate of drug-likeness (QED) is 0.669. The predicted molar refractivity (Wildman–Crippen MR) is 78.0 cm³/mol. The Morgan fingerprint density at radius 3 is 2.18 bits per heavy atom. The molecule has 1 N–H and O–H groups in total. The van der Waals surface area contributed by atoms with E-state index in [4.69, 9.17) is 11.6 Å². The molecule has 0 aromatic heterocycles. The van der Waals surface area contributed by atoms with Crippen molar-refractivity contribution in [2.45, 2.75) is 6.18 Å². The Labute approximate surface area is 129 Å². The van der Waals surface area contributed by atoms with E-state index in [1.165, 1.54) is 30.5 Å². The Hall–Kier alpha value is -2.34. The van der Waals surface area contributed by atoms with Crippen molar-refractivity contribution < 1.29 is 18.0 Å². The van der Waals surface area contributed by atoms with Gasteiger partial charge in [-0.1, -0.05) is 23.7 Å². The summed E-state index contributed by atoms with van der Waals surface area (Å²) in [5.41, 5.74) is 2.34. The molecule has 0 aliphatic heterocycles. The van der Waals surface area contributed by atoms with E-state index >= 15 is 0 Å². The molecule has 0 unspecified atom stereocenters. The molecule has 1 amide bonds. The largest absolute Gasteiger partial charge is 0.416 e. The van der Waals surface area contributed by atoms with E-state index in [0.29, 0.717) is 16.1 Å². The van der Waals surface area contributed by atoms with Crippen molar-refractivity contribution >= 4 is 23.7 Å². The van der Waals surface area contributed by atoms with Crippen molar-refractivity contribution in [2.24, 2.45) is 5.10 Å². The summed E-state index contributed by atoms with van der Waals surface area (Å²) in [6.45, 7) is 0. The number of rotatable bonds is 3. The van der Waals surface area contributed by atoms with Crippen LogP contribution in [0.4, 0.5) is 13.2 Å². The van der Waals surface area contributed by atoms with E-state index < -0.39 is 17.6 Å². The summed E-state index contributed by atoms with van der Waals surface area (Å²) in [6.07, 6.45) is -3.12. The first kappa shape index (κ1) is 16.0. The number of amides is 1. The molecule has 22 heavy (non-hydrogen) atoms. The molecule has 7 heteroatoms. The zero-order chi connectivity index (χ0) is 16.2. The van der Waals surface area contributed by atoms with Crippen LogP contribution in [0.15, 0.2) is 53.6 Å². The molecule has 0 aliphatic carbocycles. The standard InChI is InChI=1S/C15H10ClF3N2O/c16-13-7-3-11(4-8-13)14(22)21-20-9-10-1-5-12(6-2-10)15(17,18)19/h1-9H,(H,21,22). The predicted octanol–water partition coefficient (Wildman–Crippen LogP) is 4.12. The lowest BCUT2D eigenvalue weighted by atomic mass is 10.1. The van der Waals surface area contributed by atoms with Gasteiger partial charge in [0.05, 0.1) is 11.8 Å². The number of carbonyl (C=O) groups excluding carboxylic acids is 1. The van der Waals surface area contributed by atoms with Crippen LogP contribution < -0.4 is 5.43 Å². The fourth-order valence-corrected chi connectivity index (χ4v) is 1.72. The number of halogens is 4. The van der Waals surface area contributed by atoms with Crippen LogP contribution in [0.1, 0.15) is 21.5 Å². The molecule has 3 nitrogen and oxygen atoms in total. The van der Waals surface area contributed by atoms with Crippen LogP contribution in [0.25, 0.3) is 0 Å². The number of alkyl halides is 3. The summed E-state index contributed by atoms with van der Waals surface area (Å²) in [5.74, 6) is -0.445. The van der Waals surface area contributed by atoms with Crippen molar-refractivity contribution in [1.82, 2.24) is 5.43 Å². The highest BCUT2D eigenvalue weighted by Crippen LogP contribution is 2.28. The van der Waals surface area contributed by atoms with Gasteiger partial charge in [-0.25, -0.2) is 5.43 Å². The van der Waals surface area contributed by atoms with Crippen molar-refractivity contribution in [2.75, 3.05) is 0 Å². The van der Waals surface area contributed by atoms with E-state index in [2.05, 4.69) is 10.5 Å². The fraction of sp³-hybridized carbons (Fsp3) is 0.0667. The van der Waals surface area contributed by atoms with Gasteiger partial charge in [0.25, 0.3) is 5.91 Å². The smallest absolute Gasteiger partial charge is 0.267 e. The highest BCUT2D eigenvalue weighted by atomic mass is 35.5. The van der Waals surface area contributed by atoms with E-state index in [1.54, 1.807) is 12.1 Å². The second-order valence-corrected chi connectivity index (χ2v) is 4.76. The van der Waals surface area contributed by atoms with E-state index in [0.717, 1.165) is 12.1 Å². The number of nitrogens with zero attached hydrogens (tertiary/aromatic N) is 1. The molecule has 2 aromatic carbocycles. The lowest BCUT2D eigenvalue weighted by Gasteiger charge is -2.05. The molecule has 0 fully saturated rings. The van der Waals surface area contributed by atoms with Gasteiger partial charge in [-0.05, 0) is 42.0 Å². The number of nitrogens with one attached hydrogen (secondary N) is 1. The third-order valence-electron chi connectivity index (χ3n) is 2.72. The maximum absolute atomic E-state index is 12.4. The minimum absolute atomic E-state index is 0.369. The average molecular weight is 327 g/mol. The number of carbonyl (C=O) groups is 1. The fourth-order valence-electron chi connectivity index (χ4n) is 1.59. The third-order valence-corrected chi connectivity index (χ3v) is 2.98. The maximum Gasteiger partial charge on any atom is 0.416 e. The van der Waals surface area contributed by atoms with Gasteiger partial charge < -0.3 is 0 Å². The second-order valence-electron chi connectivity index (χ2n) is 4.33. The molecule has 2 aromatic rings. The molecule has 0 radical (unpaired) electrons. The topological polar surface area (TPSA) is 41.5 Å². The maximum atomic E-state index is 12.4. The van der Waals surface area contributed by atoms with Crippen LogP contribution in [-0.4, -0.2) is 12.1 Å². The Morgan fingerprint density at radius 1 is 1.05 bits per heavy atom. The van der Waals surface area contributed by atoms with Gasteiger partial charge in [-0.15, -0.1) is 0 Å². The summed E-state index contributed by atoms with van der Waals surface area (Å²) in [6, 6.07) is 10.6. The summed E-state index contributed by atoms with van der Waals surface area (Å²) >= 11 is 5.70. The van der Waals surface area contributed by atoms with Gasteiger partial charge in [0, 0.05) is 10.6 Å². The molecule has 2 rings (SSSR count). The summed E-state index contributed by atoms with van der Waals surface area (Å²) in [5, 5.41) is 4.20. The van der Waals surface area contributed by atoms with E-state index in [-0.39, 0.29) is 0 Å². The van der Waals surface area contributed by atoms with Gasteiger partial charge in [-0.2, -0.15) is 18.3 Å². The number of hydrogen-bond donors (Lipinski definition) is 1. The normalized spacial score (nSPS) is 11.6. The van der Waals surface area contributed by atoms with Crippen LogP contribution in [0.3, 0.4) is 0 Å². The molecule has 0 spiro atoms.